The molecule has 50 heavy (non-hydrogen) atoms. The zero-order chi connectivity index (χ0) is 34.9. The number of hydrogen-bond acceptors (Lipinski definition) is 9. The van der Waals surface area contributed by atoms with Gasteiger partial charge in [-0.3, -0.25) is 0 Å². The lowest BCUT2D eigenvalue weighted by Gasteiger charge is -2.25. The van der Waals surface area contributed by atoms with Crippen molar-refractivity contribution < 1.29 is 27.6 Å². The number of anilines is 1. The molecule has 4 aromatic rings. The van der Waals surface area contributed by atoms with E-state index in [1.165, 1.54) is 6.07 Å². The second-order valence-electron chi connectivity index (χ2n) is 11.5. The quantitative estimate of drug-likeness (QED) is 0.0548. The summed E-state index contributed by atoms with van der Waals surface area (Å²) in [5.74, 6) is 2.10. The summed E-state index contributed by atoms with van der Waals surface area (Å²) in [6.45, 7) is 2.11. The number of aliphatic hydroxyl groups excluding tert-OH is 2. The van der Waals surface area contributed by atoms with Crippen molar-refractivity contribution in [2.75, 3.05) is 55.8 Å². The van der Waals surface area contributed by atoms with Crippen molar-refractivity contribution in [2.24, 2.45) is 0 Å². The molecule has 1 aliphatic heterocycles. The van der Waals surface area contributed by atoms with E-state index in [0.717, 1.165) is 32.3 Å². The number of benzene rings is 5. The number of nitrogens with zero attached hydrogens (tertiary/aromatic N) is 2. The van der Waals surface area contributed by atoms with Gasteiger partial charge in [-0.25, -0.2) is 13.0 Å². The fourth-order valence-electron chi connectivity index (χ4n) is 6.00. The average molecular weight is 727 g/mol. The fourth-order valence-corrected chi connectivity index (χ4v) is 8.48. The maximum Gasteiger partial charge on any atom is 0.203 e. The van der Waals surface area contributed by atoms with Gasteiger partial charge in [0.25, 0.3) is 0 Å². The Morgan fingerprint density at radius 3 is 2.06 bits per heavy atom. The zero-order valence-corrected chi connectivity index (χ0v) is 29.8. The van der Waals surface area contributed by atoms with E-state index in [4.69, 9.17) is 4.42 Å². The molecule has 1 heterocycles. The molecule has 2 N–H and O–H groups in total. The summed E-state index contributed by atoms with van der Waals surface area (Å²) in [6, 6.07) is 38.0. The molecule has 11 heteroatoms. The predicted octanol–water partition coefficient (Wildman–Crippen LogP) is 6.26. The van der Waals surface area contributed by atoms with Gasteiger partial charge in [-0.05, 0) is 48.5 Å². The summed E-state index contributed by atoms with van der Waals surface area (Å²) in [4.78, 5) is 4.12. The highest BCUT2D eigenvalue weighted by atomic mass is 32.2. The van der Waals surface area contributed by atoms with Gasteiger partial charge in [-0.2, -0.15) is 0 Å². The van der Waals surface area contributed by atoms with Crippen LogP contribution in [0.25, 0.3) is 33.4 Å². The first kappa shape index (κ1) is 35.7. The van der Waals surface area contributed by atoms with Crippen molar-refractivity contribution in [2.45, 2.75) is 14.7 Å². The lowest BCUT2D eigenvalue weighted by Crippen LogP contribution is -2.34. The van der Waals surface area contributed by atoms with Crippen LogP contribution in [0.5, 0.6) is 0 Å². The summed E-state index contributed by atoms with van der Waals surface area (Å²) in [7, 11) is -4.80. The Labute approximate surface area is 300 Å². The molecule has 0 aromatic heterocycles. The van der Waals surface area contributed by atoms with E-state index in [2.05, 4.69) is 33.7 Å². The Kier molecular flexibility index (Phi) is 12.0. The minimum absolute atomic E-state index is 0.0322. The summed E-state index contributed by atoms with van der Waals surface area (Å²) >= 11 is 3.47. The third-order valence-electron chi connectivity index (χ3n) is 8.33. The van der Waals surface area contributed by atoms with Crippen molar-refractivity contribution in [1.82, 2.24) is 4.58 Å². The van der Waals surface area contributed by atoms with Crippen molar-refractivity contribution >= 4 is 50.3 Å². The number of thioether (sulfide) groups is 2. The highest BCUT2D eigenvalue weighted by Crippen LogP contribution is 2.43. The van der Waals surface area contributed by atoms with Gasteiger partial charge in [0.05, 0.1) is 23.3 Å². The van der Waals surface area contributed by atoms with Crippen molar-refractivity contribution in [3.63, 3.8) is 0 Å². The maximum atomic E-state index is 12.5. The number of hydrogen-bond donors (Lipinski definition) is 2. The largest absolute Gasteiger partial charge is 0.744 e. The Bertz CT molecular complexity index is 2190. The van der Waals surface area contributed by atoms with Gasteiger partial charge in [0.2, 0.25) is 5.36 Å². The van der Waals surface area contributed by atoms with Gasteiger partial charge in [0.15, 0.2) is 13.1 Å². The molecule has 258 valence electrons. The summed E-state index contributed by atoms with van der Waals surface area (Å²) in [6.07, 6.45) is 0. The molecule has 1 aliphatic carbocycles. The van der Waals surface area contributed by atoms with E-state index in [1.54, 1.807) is 41.7 Å². The molecule has 4 aromatic carbocycles. The molecule has 0 spiro atoms. The van der Waals surface area contributed by atoms with Gasteiger partial charge >= 0.3 is 0 Å². The van der Waals surface area contributed by atoms with Gasteiger partial charge < -0.3 is 24.1 Å². The van der Waals surface area contributed by atoms with Crippen molar-refractivity contribution in [1.29, 1.82) is 0 Å². The molecule has 0 saturated carbocycles. The SMILES string of the molecule is O=S(=O)([O-])c1ccccc1-c1c2ccc(=[N+](CCO)CCSc3ccccc3)cc-2oc2cc(N(CCO)CCSc3ccccc3)ccc12. The van der Waals surface area contributed by atoms with Gasteiger partial charge in [0.1, 0.15) is 28.1 Å². The fraction of sp³-hybridized carbons (Fsp3) is 0.205. The van der Waals surface area contributed by atoms with E-state index in [9.17, 15) is 23.2 Å². The van der Waals surface area contributed by atoms with E-state index in [0.29, 0.717) is 59.6 Å². The Morgan fingerprint density at radius 2 is 1.38 bits per heavy atom. The molecule has 0 unspecified atom stereocenters. The first-order valence-electron chi connectivity index (χ1n) is 16.3. The molecule has 0 fully saturated rings. The minimum atomic E-state index is -4.80. The van der Waals surface area contributed by atoms with Crippen LogP contribution in [0, 0.1) is 0 Å². The predicted molar refractivity (Wildman–Crippen MR) is 202 cm³/mol. The van der Waals surface area contributed by atoms with Crippen LogP contribution in [0.3, 0.4) is 0 Å². The Morgan fingerprint density at radius 1 is 0.700 bits per heavy atom. The van der Waals surface area contributed by atoms with Crippen LogP contribution in [-0.2, 0) is 10.1 Å². The normalized spacial score (nSPS) is 12.4. The highest BCUT2D eigenvalue weighted by Gasteiger charge is 2.23. The molecule has 0 amide bonds. The number of rotatable bonds is 15. The highest BCUT2D eigenvalue weighted by molar-refractivity contribution is 7.99. The minimum Gasteiger partial charge on any atom is -0.744 e. The van der Waals surface area contributed by atoms with Crippen molar-refractivity contribution in [3.8, 4) is 22.5 Å². The Hall–Kier alpha value is -4.10. The third-order valence-corrected chi connectivity index (χ3v) is 11.2. The van der Waals surface area contributed by atoms with E-state index < -0.39 is 10.1 Å². The Balaban J connectivity index is 1.46. The molecule has 0 bridgehead atoms. The standard InChI is InChI=1S/C39H38N2O6S3/c42-23-19-40(21-25-48-31-9-3-1-4-10-31)29-15-17-33-36(27-29)47-37-28-30(41(20-24-43)22-26-49-32-11-5-2-6-12-32)16-18-34(37)39(33)35-13-7-8-14-38(35)50(44,45)46/h1-18,27-28,42-43H,19-26H2. The average Bonchev–Trinajstić information content (AvgIpc) is 3.13. The van der Waals surface area contributed by atoms with Crippen LogP contribution in [0.2, 0.25) is 0 Å². The van der Waals surface area contributed by atoms with Gasteiger partial charge in [-0.15, -0.1) is 23.5 Å². The zero-order valence-electron chi connectivity index (χ0n) is 27.4. The molecule has 0 atom stereocenters. The van der Waals surface area contributed by atoms with E-state index in [1.807, 2.05) is 72.8 Å². The number of aliphatic hydroxyl groups is 2. The summed E-state index contributed by atoms with van der Waals surface area (Å²) < 4.78 is 46.2. The monoisotopic (exact) mass is 726 g/mol. The maximum absolute atomic E-state index is 12.5. The molecule has 8 nitrogen and oxygen atoms in total. The van der Waals surface area contributed by atoms with E-state index in [-0.39, 0.29) is 18.1 Å². The van der Waals surface area contributed by atoms with Gasteiger partial charge in [-0.1, -0.05) is 54.6 Å². The van der Waals surface area contributed by atoms with Crippen LogP contribution in [-0.4, -0.2) is 74.1 Å². The van der Waals surface area contributed by atoms with Crippen LogP contribution in [0.1, 0.15) is 0 Å². The summed E-state index contributed by atoms with van der Waals surface area (Å²) in [5.41, 5.74) is 2.88. The van der Waals surface area contributed by atoms with Crippen LogP contribution in [0.4, 0.5) is 5.69 Å². The molecule has 2 aliphatic rings. The topological polar surface area (TPSA) is 117 Å². The lowest BCUT2D eigenvalue weighted by atomic mass is 9.93. The van der Waals surface area contributed by atoms with Crippen LogP contribution < -0.4 is 14.8 Å². The second-order valence-corrected chi connectivity index (χ2v) is 15.2. The smallest absolute Gasteiger partial charge is 0.203 e. The second kappa shape index (κ2) is 16.7. The third kappa shape index (κ3) is 8.60. The van der Waals surface area contributed by atoms with Crippen molar-refractivity contribution in [3.05, 3.63) is 127 Å². The lowest BCUT2D eigenvalue weighted by molar-refractivity contribution is 0.283. The molecular formula is C39H38N2O6S3. The first-order chi connectivity index (χ1) is 24.4. The van der Waals surface area contributed by atoms with Crippen LogP contribution in [0.15, 0.2) is 140 Å². The molecule has 0 radical (unpaired) electrons. The van der Waals surface area contributed by atoms with Gasteiger partial charge in [0, 0.05) is 68.5 Å². The molecule has 6 rings (SSSR count). The van der Waals surface area contributed by atoms with Crippen LogP contribution >= 0.6 is 23.5 Å². The summed E-state index contributed by atoms with van der Waals surface area (Å²) in [5, 5.41) is 21.4. The first-order valence-corrected chi connectivity index (χ1v) is 19.7. The molecular weight excluding hydrogens is 689 g/mol. The number of fused-ring (bicyclic) bond motifs is 2. The molecule has 0 saturated heterocycles. The van der Waals surface area contributed by atoms with E-state index >= 15 is 0 Å².